The number of nitrogens with zero attached hydrogens (tertiary/aromatic N) is 13. The molecule has 43 nitrogen and oxygen atoms in total. The average Bonchev–Trinajstić information content (AvgIpc) is 0.861. The van der Waals surface area contributed by atoms with Crippen LogP contribution in [0.15, 0.2) is 0 Å². The molecule has 8 unspecified atom stereocenters. The quantitative estimate of drug-likeness (QED) is 0.0206. The van der Waals surface area contributed by atoms with Gasteiger partial charge in [0.05, 0.1) is 126 Å². The molecule has 4 rings (SSSR count). The van der Waals surface area contributed by atoms with Crippen molar-refractivity contribution in [1.82, 2.24) is 79.6 Å². The van der Waals surface area contributed by atoms with E-state index in [1.807, 2.05) is 59.4 Å². The van der Waals surface area contributed by atoms with Gasteiger partial charge in [0.2, 0.25) is 0 Å². The van der Waals surface area contributed by atoms with E-state index in [4.69, 9.17) is 53.3 Å². The van der Waals surface area contributed by atoms with Crippen molar-refractivity contribution >= 4 is 102 Å². The molecule has 0 radical (unpaired) electrons. The molecule has 0 bridgehead atoms. The molecule has 0 aromatic heterocycles. The third-order valence-electron chi connectivity index (χ3n) is 20.1. The average molecular weight is 1910 g/mol. The van der Waals surface area contributed by atoms with Crippen LogP contribution in [-0.2, 0) is 62.3 Å². The molecule has 736 valence electrons. The molecular weight excluding hydrogens is 1750 g/mol. The molecule has 4 fully saturated rings. The van der Waals surface area contributed by atoms with Crippen molar-refractivity contribution < 1.29 is 134 Å². The number of aliphatic carboxylic acids is 2. The standard InChI is InChI=1S/C28H58N4O5.C18H38N4O5.C16H34N4O5.C12H28N4O3.C3H5BrO.4CO2.Ca/c1-26(2,3)21-30-11-10-29(18-25(36)37-28(7,8)9)14-16-32(23(19-33)24(35)20-34)17-15-31(13-12-30)22-27(4,5)6;1-3-19-5-6-20(4-2)9-11-22(16(14-23)17(25)15-24)12-10-21(8-7-19)13-18(26)27;1-17-3-4-18(2)6-9-20(14(12-21)15(23)13-22)10-8-19(7-5-17)11-16(24)25;17-9-11(12(19)10-18)16-7-5-14-3-1-13-2-4-15-6-8-16;1-3(5)2-4;4*2-1-3;/h23-24,33-35H,10-22H2,1-9H3;16-17,23-25H,3-15H2,1-2H3,(H,26,27);14-15,21-23H,3-13H2,1-2H3,(H,24,25);11-15,17-19H,1-10H2;2H2,1H3;;;;;/q;;;;;;;;;+2. The second kappa shape index (κ2) is 83.1. The van der Waals surface area contributed by atoms with Crippen LogP contribution in [0.4, 0.5) is 0 Å². The Morgan fingerprint density at radius 3 is 0.802 bits per heavy atom. The predicted molar refractivity (Wildman–Crippen MR) is 472 cm³/mol. The van der Waals surface area contributed by atoms with Gasteiger partial charge < -0.3 is 122 Å². The minimum Gasteiger partial charge on any atom is -0.480 e. The molecule has 45 heteroatoms. The molecule has 8 atom stereocenters. The second-order valence-corrected chi connectivity index (χ2v) is 34.5. The summed E-state index contributed by atoms with van der Waals surface area (Å²) in [4.78, 5) is 138. The smallest absolute Gasteiger partial charge is 0.480 e. The van der Waals surface area contributed by atoms with Gasteiger partial charge in [-0.05, 0) is 65.7 Å². The molecule has 17 N–H and O–H groups in total. The fraction of sp³-hybridized carbons (Fsp3) is 0.901. The topological polar surface area (TPSA) is 576 Å². The van der Waals surface area contributed by atoms with Gasteiger partial charge >= 0.3 is 80.3 Å². The maximum Gasteiger partial charge on any atom is 2.00 e. The zero-order valence-electron chi connectivity index (χ0n) is 78.0. The Morgan fingerprint density at radius 2 is 0.556 bits per heavy atom. The number of carboxylic acids is 2. The van der Waals surface area contributed by atoms with Gasteiger partial charge in [-0.1, -0.05) is 71.3 Å². The Kier molecular flexibility index (Phi) is 87.7. The second-order valence-electron chi connectivity index (χ2n) is 33.9. The van der Waals surface area contributed by atoms with E-state index in [0.29, 0.717) is 77.3 Å². The summed E-state index contributed by atoms with van der Waals surface area (Å²) in [5, 5.41) is 145. The van der Waals surface area contributed by atoms with E-state index in [9.17, 15) is 80.5 Å². The molecule has 0 saturated carbocycles. The van der Waals surface area contributed by atoms with Gasteiger partial charge in [0.1, 0.15) is 11.4 Å². The molecule has 0 amide bonds. The van der Waals surface area contributed by atoms with Crippen molar-refractivity contribution in [3.63, 3.8) is 0 Å². The van der Waals surface area contributed by atoms with Crippen molar-refractivity contribution in [1.29, 1.82) is 0 Å². The first-order valence-electron chi connectivity index (χ1n) is 42.8. The number of ether oxygens (including phenoxy) is 1. The Morgan fingerprint density at radius 1 is 0.349 bits per heavy atom. The van der Waals surface area contributed by atoms with E-state index in [1.165, 1.54) is 6.92 Å². The van der Waals surface area contributed by atoms with E-state index in [2.05, 4.69) is 126 Å². The third-order valence-corrected chi connectivity index (χ3v) is 20.9. The minimum atomic E-state index is -1.03. The normalized spacial score (nSPS) is 20.0. The maximum atomic E-state index is 12.7. The number of halogens is 1. The van der Waals surface area contributed by atoms with Crippen LogP contribution < -0.4 is 16.0 Å². The maximum absolute atomic E-state index is 12.7. The van der Waals surface area contributed by atoms with E-state index < -0.39 is 85.9 Å². The molecule has 0 aromatic rings. The zero-order chi connectivity index (χ0) is 96.5. The summed E-state index contributed by atoms with van der Waals surface area (Å²) in [7, 11) is 4.06. The fourth-order valence-corrected chi connectivity index (χ4v) is 13.5. The summed E-state index contributed by atoms with van der Waals surface area (Å²) in [6.45, 7) is 50.5. The first-order chi connectivity index (χ1) is 58.9. The number of rotatable bonds is 27. The Bertz CT molecular complexity index is 2740. The molecule has 0 aromatic carbocycles. The van der Waals surface area contributed by atoms with Crippen LogP contribution in [0.5, 0.6) is 0 Å². The molecule has 0 aliphatic carbocycles. The summed E-state index contributed by atoms with van der Waals surface area (Å²) in [5.74, 6) is -1.80. The molecular formula is C81H163BrCaN16O27+2. The summed E-state index contributed by atoms with van der Waals surface area (Å²) in [5.41, 5.74) is -0.243. The van der Waals surface area contributed by atoms with Crippen molar-refractivity contribution in [3.05, 3.63) is 0 Å². The van der Waals surface area contributed by atoms with Gasteiger partial charge in [-0.2, -0.15) is 38.4 Å². The molecule has 126 heavy (non-hydrogen) atoms. The number of nitrogens with one attached hydrogen (secondary N) is 3. The van der Waals surface area contributed by atoms with Gasteiger partial charge in [-0.3, -0.25) is 53.5 Å². The number of esters is 1. The number of aliphatic hydroxyl groups excluding tert-OH is 12. The molecule has 4 heterocycles. The van der Waals surface area contributed by atoms with Crippen molar-refractivity contribution in [2.24, 2.45) is 10.8 Å². The number of likely N-dealkylation sites (N-methyl/N-ethyl adjacent to an activating group) is 4. The van der Waals surface area contributed by atoms with Gasteiger partial charge in [-0.15, -0.1) is 0 Å². The number of hydrogen-bond donors (Lipinski definition) is 17. The van der Waals surface area contributed by atoms with Crippen LogP contribution in [0.25, 0.3) is 0 Å². The largest absolute Gasteiger partial charge is 2.00 e. The number of Topliss-reactive ketones (excluding diaryl/α,β-unsaturated/α-hetero) is 1. The zero-order valence-corrected chi connectivity index (χ0v) is 81.8. The van der Waals surface area contributed by atoms with E-state index in [1.54, 1.807) is 0 Å². The summed E-state index contributed by atoms with van der Waals surface area (Å²) in [6.07, 6.45) is -2.99. The van der Waals surface area contributed by atoms with Crippen LogP contribution in [-0.4, -0.2) is 603 Å². The number of carbonyl (C=O) groups is 4. The van der Waals surface area contributed by atoms with Crippen LogP contribution in [0, 0.1) is 10.8 Å². The molecule has 4 aliphatic heterocycles. The van der Waals surface area contributed by atoms with Crippen molar-refractivity contribution in [2.45, 2.75) is 137 Å². The van der Waals surface area contributed by atoms with Crippen LogP contribution in [0.2, 0.25) is 0 Å². The molecule has 4 saturated heterocycles. The number of carboxylic acid groups (broad SMARTS) is 2. The fourth-order valence-electron chi connectivity index (χ4n) is 13.5. The first kappa shape index (κ1) is 133. The first-order valence-corrected chi connectivity index (χ1v) is 43.9. The van der Waals surface area contributed by atoms with E-state index >= 15 is 0 Å². The van der Waals surface area contributed by atoms with E-state index in [0.717, 1.165) is 164 Å². The number of ketones is 1. The minimum absolute atomic E-state index is 0. The van der Waals surface area contributed by atoms with E-state index in [-0.39, 0.29) is 138 Å². The molecule has 4 aliphatic rings. The Balaban J connectivity index is -0.000000363. The van der Waals surface area contributed by atoms with Crippen LogP contribution in [0.1, 0.15) is 83.1 Å². The van der Waals surface area contributed by atoms with Crippen LogP contribution >= 0.6 is 15.9 Å². The third kappa shape index (κ3) is 74.7. The number of aliphatic hydroxyl groups is 12. The van der Waals surface area contributed by atoms with Crippen molar-refractivity contribution in [2.75, 3.05) is 328 Å². The number of alkyl halides is 1. The summed E-state index contributed by atoms with van der Waals surface area (Å²) < 4.78 is 5.60. The monoisotopic (exact) mass is 1910 g/mol. The summed E-state index contributed by atoms with van der Waals surface area (Å²) in [6, 6.07) is -2.09. The van der Waals surface area contributed by atoms with Crippen molar-refractivity contribution in [3.8, 4) is 0 Å². The van der Waals surface area contributed by atoms with Gasteiger partial charge in [0.15, 0.2) is 0 Å². The van der Waals surface area contributed by atoms with Gasteiger partial charge in [-0.25, -0.2) is 0 Å². The summed E-state index contributed by atoms with van der Waals surface area (Å²) >= 11 is 2.96. The van der Waals surface area contributed by atoms with Gasteiger partial charge in [0, 0.05) is 223 Å². The van der Waals surface area contributed by atoms with Crippen LogP contribution in [0.3, 0.4) is 0 Å². The number of hydrogen-bond acceptors (Lipinski definition) is 41. The predicted octanol–water partition coefficient (Wildman–Crippen LogP) is -8.29. The van der Waals surface area contributed by atoms with Gasteiger partial charge in [0.25, 0.3) is 0 Å². The number of carbonyl (C=O) groups excluding carboxylic acids is 10. The molecule has 0 spiro atoms. The Hall–Kier alpha value is -3.78. The Labute approximate surface area is 786 Å². The SMILES string of the molecule is CC(=O)CBr.CC(C)(C)CN1CCN(CC(=O)OC(C)(C)C)CCN(C(CO)C(O)CO)CCN(CC(C)(C)C)CC1.CCN1CCN(CC)CCN(C(CO)C(O)CO)CCN(CC(=O)O)CC1.CN1CCN(C)CCN(C(CO)C(O)CO)CCN(CC(=O)O)CC1.O=C=O.O=C=O.O=C=O.O=C=O.OCC(O)C(CO)N1CCNCCNCCNCC1.[Ca+2].